The summed E-state index contributed by atoms with van der Waals surface area (Å²) in [5, 5.41) is 4.09. The predicted molar refractivity (Wildman–Crippen MR) is 130 cm³/mol. The molecule has 4 aromatic rings. The molecule has 0 saturated heterocycles. The lowest BCUT2D eigenvalue weighted by Gasteiger charge is -2.12. The van der Waals surface area contributed by atoms with E-state index in [0.29, 0.717) is 29.5 Å². The molecule has 5 heteroatoms. The summed E-state index contributed by atoms with van der Waals surface area (Å²) in [5.74, 6) is 0.457. The molecule has 5 nitrogen and oxygen atoms in total. The molecule has 0 unspecified atom stereocenters. The van der Waals surface area contributed by atoms with E-state index in [1.807, 2.05) is 66.7 Å². The monoisotopic (exact) mass is 425 g/mol. The van der Waals surface area contributed by atoms with Crippen LogP contribution in [0.4, 0.5) is 11.4 Å². The van der Waals surface area contributed by atoms with Crippen molar-refractivity contribution in [1.82, 2.24) is 4.57 Å². The zero-order valence-electron chi connectivity index (χ0n) is 18.2. The maximum Gasteiger partial charge on any atom is 0.255 e. The highest BCUT2D eigenvalue weighted by Crippen LogP contribution is 2.42. The van der Waals surface area contributed by atoms with Gasteiger partial charge in [0.1, 0.15) is 0 Å². The van der Waals surface area contributed by atoms with Gasteiger partial charge in [-0.15, -0.1) is 0 Å². The topological polar surface area (TPSA) is 69.3 Å². The third-order valence-electron chi connectivity index (χ3n) is 6.12. The summed E-state index contributed by atoms with van der Waals surface area (Å²) in [4.78, 5) is 13.1. The molecule has 1 saturated carbocycles. The second-order valence-corrected chi connectivity index (χ2v) is 8.38. The molecule has 0 radical (unpaired) electrons. The number of ether oxygens (including phenoxy) is 1. The van der Waals surface area contributed by atoms with Crippen molar-refractivity contribution in [3.63, 3.8) is 0 Å². The van der Waals surface area contributed by atoms with Gasteiger partial charge in [-0.25, -0.2) is 0 Å². The molecule has 0 spiro atoms. The Balaban J connectivity index is 1.43. The Morgan fingerprint density at radius 1 is 1.03 bits per heavy atom. The van der Waals surface area contributed by atoms with E-state index in [9.17, 15) is 4.79 Å². The molecule has 1 aromatic heterocycles. The van der Waals surface area contributed by atoms with Crippen molar-refractivity contribution in [2.75, 3.05) is 24.8 Å². The van der Waals surface area contributed by atoms with Crippen LogP contribution in [-0.4, -0.2) is 24.2 Å². The number of hydrogen-bond donors (Lipinski definition) is 2. The lowest BCUT2D eigenvalue weighted by molar-refractivity contribution is 0.102. The highest BCUT2D eigenvalue weighted by molar-refractivity contribution is 6.08. The van der Waals surface area contributed by atoms with Gasteiger partial charge < -0.3 is 20.4 Å². The number of amides is 1. The number of carbonyl (C=O) groups excluding carboxylic acids is 1. The molecule has 0 atom stereocenters. The van der Waals surface area contributed by atoms with Gasteiger partial charge in [0.25, 0.3) is 5.91 Å². The van der Waals surface area contributed by atoms with Gasteiger partial charge in [-0.3, -0.25) is 4.79 Å². The fourth-order valence-electron chi connectivity index (χ4n) is 4.25. The van der Waals surface area contributed by atoms with Gasteiger partial charge in [0, 0.05) is 35.8 Å². The Morgan fingerprint density at radius 2 is 1.84 bits per heavy atom. The lowest BCUT2D eigenvalue weighted by atomic mass is 10.0. The van der Waals surface area contributed by atoms with Gasteiger partial charge in [-0.1, -0.05) is 36.4 Å². The van der Waals surface area contributed by atoms with Gasteiger partial charge in [-0.05, 0) is 66.3 Å². The third-order valence-corrected chi connectivity index (χ3v) is 6.12. The first-order valence-corrected chi connectivity index (χ1v) is 11.0. The summed E-state index contributed by atoms with van der Waals surface area (Å²) >= 11 is 0. The number of methoxy groups -OCH3 is 1. The summed E-state index contributed by atoms with van der Waals surface area (Å²) in [7, 11) is 1.73. The van der Waals surface area contributed by atoms with Crippen LogP contribution in [0.2, 0.25) is 0 Å². The van der Waals surface area contributed by atoms with Crippen LogP contribution in [0.15, 0.2) is 72.8 Å². The molecule has 0 bridgehead atoms. The first-order chi connectivity index (χ1) is 15.6. The highest BCUT2D eigenvalue weighted by atomic mass is 16.5. The Morgan fingerprint density at radius 3 is 2.59 bits per heavy atom. The Bertz CT molecular complexity index is 1270. The van der Waals surface area contributed by atoms with Crippen molar-refractivity contribution < 1.29 is 9.53 Å². The van der Waals surface area contributed by atoms with Crippen molar-refractivity contribution in [2.24, 2.45) is 0 Å². The normalized spacial score (nSPS) is 13.4. The van der Waals surface area contributed by atoms with E-state index in [-0.39, 0.29) is 5.91 Å². The Labute approximate surface area is 187 Å². The standard InChI is InChI=1S/C27H27N3O2/c1-32-14-13-30-25-12-10-21(15-22(25)17-26(30)19-7-8-19)27(31)29-24-16-20(9-11-23(24)28)18-5-3-2-4-6-18/h2-6,9-12,15-17,19H,7-8,13-14,28H2,1H3,(H,29,31). The van der Waals surface area contributed by atoms with Crippen molar-refractivity contribution >= 4 is 28.2 Å². The molecule has 0 aliphatic heterocycles. The zero-order valence-corrected chi connectivity index (χ0v) is 18.2. The number of nitrogens with one attached hydrogen (secondary N) is 1. The van der Waals surface area contributed by atoms with Crippen molar-refractivity contribution in [3.05, 3.63) is 84.1 Å². The highest BCUT2D eigenvalue weighted by Gasteiger charge is 2.28. The quantitative estimate of drug-likeness (QED) is 0.375. The molecule has 1 fully saturated rings. The molecule has 162 valence electrons. The second-order valence-electron chi connectivity index (χ2n) is 8.38. The first-order valence-electron chi connectivity index (χ1n) is 11.0. The van der Waals surface area contributed by atoms with Gasteiger partial charge in [0.2, 0.25) is 0 Å². The van der Waals surface area contributed by atoms with Crippen molar-refractivity contribution in [1.29, 1.82) is 0 Å². The summed E-state index contributed by atoms with van der Waals surface area (Å²) < 4.78 is 7.64. The van der Waals surface area contributed by atoms with E-state index < -0.39 is 0 Å². The molecular weight excluding hydrogens is 398 g/mol. The number of nitrogens with zero attached hydrogens (tertiary/aromatic N) is 1. The molecule has 1 heterocycles. The van der Waals surface area contributed by atoms with Crippen molar-refractivity contribution in [2.45, 2.75) is 25.3 Å². The van der Waals surface area contributed by atoms with E-state index in [2.05, 4.69) is 16.0 Å². The molecule has 3 aromatic carbocycles. The molecule has 3 N–H and O–H groups in total. The Kier molecular flexibility index (Phi) is 5.41. The molecule has 1 aliphatic rings. The summed E-state index contributed by atoms with van der Waals surface area (Å²) in [6.45, 7) is 1.49. The van der Waals surface area contributed by atoms with Gasteiger partial charge in [-0.2, -0.15) is 0 Å². The van der Waals surface area contributed by atoms with Crippen LogP contribution in [0.25, 0.3) is 22.0 Å². The molecule has 1 amide bonds. The van der Waals surface area contributed by atoms with Crippen LogP contribution in [0.3, 0.4) is 0 Å². The number of aromatic nitrogens is 1. The number of hydrogen-bond acceptors (Lipinski definition) is 3. The minimum atomic E-state index is -0.165. The lowest BCUT2D eigenvalue weighted by Crippen LogP contribution is -2.13. The van der Waals surface area contributed by atoms with E-state index in [1.165, 1.54) is 18.5 Å². The summed E-state index contributed by atoms with van der Waals surface area (Å²) in [6, 6.07) is 23.9. The first kappa shape index (κ1) is 20.3. The van der Waals surface area contributed by atoms with Gasteiger partial charge in [0.15, 0.2) is 0 Å². The molecule has 1 aliphatic carbocycles. The number of anilines is 2. The number of benzene rings is 3. The van der Waals surface area contributed by atoms with Crippen LogP contribution in [-0.2, 0) is 11.3 Å². The number of carbonyl (C=O) groups is 1. The fourth-order valence-corrected chi connectivity index (χ4v) is 4.25. The number of nitrogens with two attached hydrogens (primary N) is 1. The minimum absolute atomic E-state index is 0.165. The van der Waals surface area contributed by atoms with E-state index >= 15 is 0 Å². The predicted octanol–water partition coefficient (Wildman–Crippen LogP) is 5.67. The fraction of sp³-hybridized carbons (Fsp3) is 0.222. The number of nitrogen functional groups attached to an aromatic ring is 1. The van der Waals surface area contributed by atoms with E-state index in [4.69, 9.17) is 10.5 Å². The van der Waals surface area contributed by atoms with Crippen LogP contribution in [0.5, 0.6) is 0 Å². The molecular formula is C27H27N3O2. The smallest absolute Gasteiger partial charge is 0.255 e. The van der Waals surface area contributed by atoms with Crippen LogP contribution < -0.4 is 11.1 Å². The minimum Gasteiger partial charge on any atom is -0.397 e. The summed E-state index contributed by atoms with van der Waals surface area (Å²) in [6.07, 6.45) is 2.46. The molecule has 5 rings (SSSR count). The van der Waals surface area contributed by atoms with Crippen LogP contribution >= 0.6 is 0 Å². The molecule has 32 heavy (non-hydrogen) atoms. The van der Waals surface area contributed by atoms with Crippen LogP contribution in [0.1, 0.15) is 34.8 Å². The zero-order chi connectivity index (χ0) is 22.1. The van der Waals surface area contributed by atoms with Crippen LogP contribution in [0, 0.1) is 0 Å². The number of rotatable bonds is 7. The largest absolute Gasteiger partial charge is 0.397 e. The maximum absolute atomic E-state index is 13.1. The average molecular weight is 426 g/mol. The van der Waals surface area contributed by atoms with Crippen molar-refractivity contribution in [3.8, 4) is 11.1 Å². The third kappa shape index (κ3) is 3.99. The van der Waals surface area contributed by atoms with E-state index in [1.54, 1.807) is 7.11 Å². The van der Waals surface area contributed by atoms with Gasteiger partial charge in [0.05, 0.1) is 18.0 Å². The number of fused-ring (bicyclic) bond motifs is 1. The second kappa shape index (κ2) is 8.52. The average Bonchev–Trinajstić information content (AvgIpc) is 3.60. The van der Waals surface area contributed by atoms with E-state index in [0.717, 1.165) is 28.6 Å². The Hall–Kier alpha value is -3.57. The maximum atomic E-state index is 13.1. The SMILES string of the molecule is COCCn1c(C2CC2)cc2cc(C(=O)Nc3cc(-c4ccccc4)ccc3N)ccc21. The summed E-state index contributed by atoms with van der Waals surface area (Å²) in [5.41, 5.74) is 12.5. The van der Waals surface area contributed by atoms with Gasteiger partial charge >= 0.3 is 0 Å².